The summed E-state index contributed by atoms with van der Waals surface area (Å²) in [5.41, 5.74) is 0.673. The van der Waals surface area contributed by atoms with Crippen LogP contribution in [0.15, 0.2) is 28.9 Å². The molecule has 2 bridgehead atoms. The fourth-order valence-electron chi connectivity index (χ4n) is 4.73. The molecule has 3 aliphatic carbocycles. The Bertz CT molecular complexity index is 865. The number of carbonyl (C=O) groups excluding carboxylic acids is 2. The van der Waals surface area contributed by atoms with Crippen molar-refractivity contribution in [1.82, 2.24) is 9.62 Å². The van der Waals surface area contributed by atoms with Crippen molar-refractivity contribution in [1.29, 1.82) is 0 Å². The second-order valence-electron chi connectivity index (χ2n) is 8.98. The van der Waals surface area contributed by atoms with Gasteiger partial charge in [-0.15, -0.1) is 0 Å². The molecule has 3 aliphatic rings. The second-order valence-corrected chi connectivity index (χ2v) is 10.7. The second kappa shape index (κ2) is 9.84. The smallest absolute Gasteiger partial charge is 0.245 e. The third-order valence-corrected chi connectivity index (χ3v) is 8.13. The van der Waals surface area contributed by atoms with Crippen LogP contribution in [0.4, 0.5) is 5.69 Å². The minimum atomic E-state index is -0.638. The van der Waals surface area contributed by atoms with E-state index in [1.54, 1.807) is 18.3 Å². The van der Waals surface area contributed by atoms with Gasteiger partial charge in [-0.25, -0.2) is 0 Å². The minimum Gasteiger partial charge on any atom is -0.505 e. The number of phenolic OH excluding ortho intramolecular Hbond substituents is 1. The Labute approximate surface area is 193 Å². The Morgan fingerprint density at radius 3 is 2.42 bits per heavy atom. The third kappa shape index (κ3) is 5.38. The molecular formula is C23H32ClN3O3S. The van der Waals surface area contributed by atoms with Crippen LogP contribution in [-0.2, 0) is 9.59 Å². The van der Waals surface area contributed by atoms with Gasteiger partial charge in [0, 0.05) is 19.2 Å². The highest BCUT2D eigenvalue weighted by molar-refractivity contribution is 7.97. The Hall–Kier alpha value is -1.70. The fourth-order valence-corrected chi connectivity index (χ4v) is 5.70. The van der Waals surface area contributed by atoms with E-state index in [0.29, 0.717) is 15.6 Å². The fraction of sp³-hybridized carbons (Fsp3) is 0.565. The van der Waals surface area contributed by atoms with Gasteiger partial charge in [0.25, 0.3) is 0 Å². The lowest BCUT2D eigenvalue weighted by Crippen LogP contribution is -2.47. The van der Waals surface area contributed by atoms with Crippen LogP contribution in [0.2, 0.25) is 5.02 Å². The quantitative estimate of drug-likeness (QED) is 0.205. The number of rotatable bonds is 9. The first kappa shape index (κ1) is 24.0. The molecule has 3 fully saturated rings. The Kier molecular flexibility index (Phi) is 7.60. The molecule has 0 aromatic heterocycles. The lowest BCUT2D eigenvalue weighted by Gasteiger charge is -2.50. The van der Waals surface area contributed by atoms with Crippen LogP contribution in [-0.4, -0.2) is 41.1 Å². The summed E-state index contributed by atoms with van der Waals surface area (Å²) in [7, 11) is 3.68. The number of phenols is 1. The van der Waals surface area contributed by atoms with Gasteiger partial charge in [-0.3, -0.25) is 13.9 Å². The Morgan fingerprint density at radius 2 is 1.87 bits per heavy atom. The minimum absolute atomic E-state index is 0.0642. The number of nitrogens with zero attached hydrogens (tertiary/aromatic N) is 1. The number of carbonyl (C=O) groups is 2. The number of hydrogen-bond acceptors (Lipinski definition) is 7. The predicted molar refractivity (Wildman–Crippen MR) is 126 cm³/mol. The highest BCUT2D eigenvalue weighted by atomic mass is 35.5. The SMILES string of the molecule is CC(=O)C(=O)/C(=C/NC(C)C12CCC(CC1)CC2)Nc1ccc(Cl)c(SN(C)C)c1O. The maximum Gasteiger partial charge on any atom is 0.245 e. The first-order valence-electron chi connectivity index (χ1n) is 10.8. The lowest BCUT2D eigenvalue weighted by molar-refractivity contribution is -0.133. The van der Waals surface area contributed by atoms with Crippen LogP contribution >= 0.6 is 23.5 Å². The molecule has 31 heavy (non-hydrogen) atoms. The molecule has 1 atom stereocenters. The van der Waals surface area contributed by atoms with Crippen molar-refractivity contribution in [3.05, 3.63) is 29.1 Å². The number of nitrogens with one attached hydrogen (secondary N) is 2. The van der Waals surface area contributed by atoms with Crippen LogP contribution in [0.5, 0.6) is 5.75 Å². The van der Waals surface area contributed by atoms with Crippen LogP contribution in [0, 0.1) is 11.3 Å². The molecule has 0 spiro atoms. The zero-order valence-corrected chi connectivity index (χ0v) is 20.2. The number of anilines is 1. The van der Waals surface area contributed by atoms with E-state index in [9.17, 15) is 14.7 Å². The zero-order valence-electron chi connectivity index (χ0n) is 18.6. The van der Waals surface area contributed by atoms with Crippen molar-refractivity contribution in [2.75, 3.05) is 19.4 Å². The molecule has 1 aromatic carbocycles. The molecule has 3 saturated carbocycles. The third-order valence-electron chi connectivity index (χ3n) is 6.74. The van der Waals surface area contributed by atoms with E-state index in [0.717, 1.165) is 5.92 Å². The van der Waals surface area contributed by atoms with Gasteiger partial charge in [-0.1, -0.05) is 11.6 Å². The number of benzene rings is 1. The monoisotopic (exact) mass is 465 g/mol. The van der Waals surface area contributed by atoms with Crippen LogP contribution in [0.3, 0.4) is 0 Å². The summed E-state index contributed by atoms with van der Waals surface area (Å²) in [5, 5.41) is 17.5. The lowest BCUT2D eigenvalue weighted by atomic mass is 9.58. The number of hydrogen-bond donors (Lipinski definition) is 3. The van der Waals surface area contributed by atoms with Crippen molar-refractivity contribution in [3.8, 4) is 5.75 Å². The van der Waals surface area contributed by atoms with Gasteiger partial charge in [0.15, 0.2) is 5.75 Å². The van der Waals surface area contributed by atoms with Gasteiger partial charge in [-0.2, -0.15) is 0 Å². The van der Waals surface area contributed by atoms with Crippen LogP contribution < -0.4 is 10.6 Å². The molecule has 1 aromatic rings. The zero-order chi connectivity index (χ0) is 22.8. The summed E-state index contributed by atoms with van der Waals surface area (Å²) in [6, 6.07) is 3.44. The van der Waals surface area contributed by atoms with Crippen molar-refractivity contribution in [2.45, 2.75) is 63.3 Å². The molecule has 170 valence electrons. The van der Waals surface area contributed by atoms with Crippen molar-refractivity contribution < 1.29 is 14.7 Å². The number of ketones is 2. The van der Waals surface area contributed by atoms with Gasteiger partial charge in [0.1, 0.15) is 5.70 Å². The first-order chi connectivity index (χ1) is 14.6. The van der Waals surface area contributed by atoms with E-state index in [1.165, 1.54) is 57.4 Å². The number of fused-ring (bicyclic) bond motifs is 3. The molecule has 0 radical (unpaired) electrons. The summed E-state index contributed by atoms with van der Waals surface area (Å²) in [5.74, 6) is -0.393. The number of Topliss-reactive ketones (excluding diaryl/α,β-unsaturated/α-hetero) is 2. The Balaban J connectivity index is 1.83. The molecule has 6 nitrogen and oxygen atoms in total. The van der Waals surface area contributed by atoms with Crippen LogP contribution in [0.1, 0.15) is 52.4 Å². The average Bonchev–Trinajstić information content (AvgIpc) is 2.75. The normalized spacial score (nSPS) is 24.2. The average molecular weight is 466 g/mol. The van der Waals surface area contributed by atoms with Crippen molar-refractivity contribution in [2.24, 2.45) is 11.3 Å². The highest BCUT2D eigenvalue weighted by Crippen LogP contribution is 2.52. The summed E-state index contributed by atoms with van der Waals surface area (Å²) >= 11 is 7.51. The largest absolute Gasteiger partial charge is 0.505 e. The van der Waals surface area contributed by atoms with Crippen molar-refractivity contribution >= 4 is 40.8 Å². The Morgan fingerprint density at radius 1 is 1.26 bits per heavy atom. The maximum atomic E-state index is 12.6. The molecule has 1 unspecified atom stereocenters. The first-order valence-corrected chi connectivity index (χ1v) is 11.9. The molecule has 3 N–H and O–H groups in total. The van der Waals surface area contributed by atoms with Gasteiger partial charge in [0.2, 0.25) is 11.6 Å². The summed E-state index contributed by atoms with van der Waals surface area (Å²) in [4.78, 5) is 24.9. The molecule has 4 rings (SSSR count). The number of halogens is 1. The van der Waals surface area contributed by atoms with E-state index in [2.05, 4.69) is 17.6 Å². The van der Waals surface area contributed by atoms with E-state index >= 15 is 0 Å². The van der Waals surface area contributed by atoms with E-state index < -0.39 is 11.6 Å². The highest BCUT2D eigenvalue weighted by Gasteiger charge is 2.43. The molecule has 0 amide bonds. The van der Waals surface area contributed by atoms with Gasteiger partial charge in [-0.05, 0) is 95.0 Å². The predicted octanol–water partition coefficient (Wildman–Crippen LogP) is 4.97. The maximum absolute atomic E-state index is 12.6. The molecular weight excluding hydrogens is 434 g/mol. The van der Waals surface area contributed by atoms with Gasteiger partial charge >= 0.3 is 0 Å². The van der Waals surface area contributed by atoms with Crippen molar-refractivity contribution in [3.63, 3.8) is 0 Å². The van der Waals surface area contributed by atoms with Gasteiger partial charge in [0.05, 0.1) is 15.6 Å². The van der Waals surface area contributed by atoms with E-state index in [1.807, 2.05) is 18.4 Å². The topological polar surface area (TPSA) is 81.7 Å². The summed E-state index contributed by atoms with van der Waals surface area (Å²) in [6.45, 7) is 3.40. The van der Waals surface area contributed by atoms with E-state index in [4.69, 9.17) is 11.6 Å². The molecule has 0 heterocycles. The molecule has 0 saturated heterocycles. The standard InChI is InChI=1S/C23H32ClN3O3S/c1-14(28)20(29)19(13-25-15(2)23-10-7-16(8-11-23)9-12-23)26-18-6-5-17(24)22(21(18)30)31-27(3)4/h5-6,13,15-16,25-26,30H,7-12H2,1-4H3/b19-13-. The summed E-state index contributed by atoms with van der Waals surface area (Å²) in [6.07, 6.45) is 9.02. The molecule has 8 heteroatoms. The van der Waals surface area contributed by atoms with Gasteiger partial charge < -0.3 is 15.7 Å². The van der Waals surface area contributed by atoms with Crippen LogP contribution in [0.25, 0.3) is 0 Å². The van der Waals surface area contributed by atoms with E-state index in [-0.39, 0.29) is 22.9 Å². The number of aromatic hydroxyl groups is 1. The summed E-state index contributed by atoms with van der Waals surface area (Å²) < 4.78 is 1.81. The number of allylic oxidation sites excluding steroid dienone is 1. The molecule has 0 aliphatic heterocycles.